The summed E-state index contributed by atoms with van der Waals surface area (Å²) in [4.78, 5) is 22.1. The van der Waals surface area contributed by atoms with Crippen LogP contribution < -0.4 is 10.6 Å². The molecule has 0 radical (unpaired) electrons. The van der Waals surface area contributed by atoms with Crippen molar-refractivity contribution >= 4 is 38.8 Å². The van der Waals surface area contributed by atoms with Gasteiger partial charge in [0.15, 0.2) is 0 Å². The molecule has 0 bridgehead atoms. The third kappa shape index (κ3) is 9.43. The van der Waals surface area contributed by atoms with Crippen LogP contribution in [0.5, 0.6) is 0 Å². The molecule has 0 saturated heterocycles. The molecule has 0 aliphatic heterocycles. The van der Waals surface area contributed by atoms with Crippen LogP contribution >= 0.6 is 16.3 Å². The maximum atomic E-state index is 11.1. The monoisotopic (exact) mass is 504 g/mol. The van der Waals surface area contributed by atoms with Crippen molar-refractivity contribution in [1.82, 2.24) is 0 Å². The van der Waals surface area contributed by atoms with Gasteiger partial charge in [-0.1, -0.05) is 60.7 Å². The minimum absolute atomic E-state index is 0.122. The lowest BCUT2D eigenvalue weighted by molar-refractivity contribution is -0.137. The summed E-state index contributed by atoms with van der Waals surface area (Å²) in [6, 6.07) is 19.9. The smallest absolute Gasteiger partial charge is 0.303 e. The Kier molecular flexibility index (Phi) is 11.4. The van der Waals surface area contributed by atoms with Gasteiger partial charge in [-0.25, -0.2) is 0 Å². The van der Waals surface area contributed by atoms with E-state index in [1.54, 1.807) is 0 Å². The summed E-state index contributed by atoms with van der Waals surface area (Å²) in [6.07, 6.45) is 5.61. The maximum Gasteiger partial charge on any atom is 0.303 e. The Bertz CT molecular complexity index is 798. The lowest BCUT2D eigenvalue weighted by Gasteiger charge is -2.30. The minimum Gasteiger partial charge on any atom is -0.481 e. The van der Waals surface area contributed by atoms with Gasteiger partial charge < -0.3 is 19.3 Å². The molecule has 184 valence electrons. The van der Waals surface area contributed by atoms with Crippen molar-refractivity contribution in [3.8, 4) is 0 Å². The van der Waals surface area contributed by atoms with Gasteiger partial charge in [0.2, 0.25) is 0 Å². The van der Waals surface area contributed by atoms with Gasteiger partial charge >= 0.3 is 11.9 Å². The molecule has 6 nitrogen and oxygen atoms in total. The molecule has 3 rings (SSSR count). The first kappa shape index (κ1) is 26.8. The van der Waals surface area contributed by atoms with E-state index in [-0.39, 0.29) is 12.8 Å². The molecule has 1 aliphatic rings. The highest BCUT2D eigenvalue weighted by Crippen LogP contribution is 2.41. The van der Waals surface area contributed by atoms with Gasteiger partial charge in [0.05, 0.1) is 42.4 Å². The van der Waals surface area contributed by atoms with E-state index in [2.05, 4.69) is 0 Å². The fraction of sp³-hybridized carbons (Fsp3) is 0.462. The van der Waals surface area contributed by atoms with Gasteiger partial charge in [-0.3, -0.25) is 9.59 Å². The van der Waals surface area contributed by atoms with Crippen molar-refractivity contribution in [3.63, 3.8) is 0 Å². The standard InChI is InChI=1S/C26H34O6P2/c27-25(28)15-17-33(23-7-3-1-4-8-23)31-19-21-11-13-22(14-12-21)20-32-34(18-16-26(29)30)24-9-5-2-6-10-24/h1-10,21-22H,11-20H2,(H,27,28)(H,29,30). The third-order valence-corrected chi connectivity index (χ3v) is 9.97. The summed E-state index contributed by atoms with van der Waals surface area (Å²) in [5.74, 6) is -0.604. The summed E-state index contributed by atoms with van der Waals surface area (Å²) in [6.45, 7) is 1.34. The second-order valence-corrected chi connectivity index (χ2v) is 12.6. The minimum atomic E-state index is -0.926. The van der Waals surface area contributed by atoms with Gasteiger partial charge in [-0.15, -0.1) is 0 Å². The molecule has 2 atom stereocenters. The van der Waals surface area contributed by atoms with E-state index in [0.717, 1.165) is 36.3 Å². The van der Waals surface area contributed by atoms with Crippen molar-refractivity contribution in [2.45, 2.75) is 38.5 Å². The van der Waals surface area contributed by atoms with Crippen LogP contribution in [0, 0.1) is 11.8 Å². The van der Waals surface area contributed by atoms with E-state index >= 15 is 0 Å². The van der Waals surface area contributed by atoms with Crippen LogP contribution in [-0.4, -0.2) is 47.7 Å². The average molecular weight is 505 g/mol. The predicted molar refractivity (Wildman–Crippen MR) is 138 cm³/mol. The van der Waals surface area contributed by atoms with Crippen LogP contribution in [0.25, 0.3) is 0 Å². The van der Waals surface area contributed by atoms with E-state index in [9.17, 15) is 9.59 Å². The summed E-state index contributed by atoms with van der Waals surface area (Å²) >= 11 is 0. The number of benzene rings is 2. The second-order valence-electron chi connectivity index (χ2n) is 8.64. The lowest BCUT2D eigenvalue weighted by atomic mass is 9.83. The van der Waals surface area contributed by atoms with Gasteiger partial charge in [0.1, 0.15) is 0 Å². The molecule has 2 aromatic rings. The van der Waals surface area contributed by atoms with Crippen LogP contribution in [0.4, 0.5) is 0 Å². The van der Waals surface area contributed by atoms with Gasteiger partial charge in [0.25, 0.3) is 0 Å². The fourth-order valence-corrected chi connectivity index (χ4v) is 7.73. The molecule has 34 heavy (non-hydrogen) atoms. The number of hydrogen-bond donors (Lipinski definition) is 2. The molecule has 0 spiro atoms. The van der Waals surface area contributed by atoms with Gasteiger partial charge in [-0.2, -0.15) is 0 Å². The summed E-state index contributed by atoms with van der Waals surface area (Å²) < 4.78 is 12.6. The molecule has 0 aromatic heterocycles. The first-order valence-corrected chi connectivity index (χ1v) is 14.7. The zero-order valence-electron chi connectivity index (χ0n) is 19.4. The summed E-state index contributed by atoms with van der Waals surface area (Å²) in [5.41, 5.74) is 0. The molecule has 1 aliphatic carbocycles. The number of aliphatic carboxylic acids is 2. The van der Waals surface area contributed by atoms with Crippen LogP contribution in [0.15, 0.2) is 60.7 Å². The van der Waals surface area contributed by atoms with Crippen LogP contribution in [0.3, 0.4) is 0 Å². The highest BCUT2D eigenvalue weighted by atomic mass is 31.1. The third-order valence-electron chi connectivity index (χ3n) is 6.04. The normalized spacial score (nSPS) is 19.9. The number of carboxylic acid groups (broad SMARTS) is 2. The lowest BCUT2D eigenvalue weighted by Crippen LogP contribution is -2.22. The number of carboxylic acids is 2. The largest absolute Gasteiger partial charge is 0.481 e. The Hall–Kier alpha value is -1.84. The van der Waals surface area contributed by atoms with E-state index in [0.29, 0.717) is 37.4 Å². The van der Waals surface area contributed by atoms with E-state index in [4.69, 9.17) is 19.3 Å². The number of hydrogen-bond acceptors (Lipinski definition) is 4. The summed E-state index contributed by atoms with van der Waals surface area (Å²) in [7, 11) is -1.85. The topological polar surface area (TPSA) is 93.1 Å². The fourth-order valence-electron chi connectivity index (χ4n) is 4.07. The van der Waals surface area contributed by atoms with E-state index < -0.39 is 28.2 Å². The van der Waals surface area contributed by atoms with Crippen molar-refractivity contribution in [1.29, 1.82) is 0 Å². The SMILES string of the molecule is O=C(O)CCP(OCC1CCC(COP(CCC(=O)O)c2ccccc2)CC1)c1ccccc1. The molecule has 8 heteroatoms. The Balaban J connectivity index is 1.44. The number of rotatable bonds is 14. The van der Waals surface area contributed by atoms with E-state index in [1.807, 2.05) is 60.7 Å². The van der Waals surface area contributed by atoms with Gasteiger partial charge in [0, 0.05) is 22.9 Å². The second kappa shape index (κ2) is 14.5. The first-order valence-electron chi connectivity index (χ1n) is 11.9. The molecule has 0 amide bonds. The van der Waals surface area contributed by atoms with Crippen LogP contribution in [0.1, 0.15) is 38.5 Å². The highest BCUT2D eigenvalue weighted by Gasteiger charge is 2.25. The van der Waals surface area contributed by atoms with Gasteiger partial charge in [-0.05, 0) is 37.5 Å². The zero-order valence-corrected chi connectivity index (χ0v) is 21.2. The Labute approximate surface area is 204 Å². The highest BCUT2D eigenvalue weighted by molar-refractivity contribution is 7.61. The van der Waals surface area contributed by atoms with Crippen LogP contribution in [0.2, 0.25) is 0 Å². The number of carbonyl (C=O) groups is 2. The molecule has 0 heterocycles. The molecule has 1 saturated carbocycles. The molecule has 1 fully saturated rings. The summed E-state index contributed by atoms with van der Waals surface area (Å²) in [5, 5.41) is 20.4. The van der Waals surface area contributed by atoms with Crippen molar-refractivity contribution < 1.29 is 28.8 Å². The molecule has 2 N–H and O–H groups in total. The Morgan fingerprint density at radius 2 is 1.03 bits per heavy atom. The predicted octanol–water partition coefficient (Wildman–Crippen LogP) is 5.22. The van der Waals surface area contributed by atoms with Crippen molar-refractivity contribution in [3.05, 3.63) is 60.7 Å². The molecule has 2 aromatic carbocycles. The van der Waals surface area contributed by atoms with Crippen LogP contribution in [-0.2, 0) is 18.6 Å². The molecular weight excluding hydrogens is 470 g/mol. The molecule has 2 unspecified atom stereocenters. The van der Waals surface area contributed by atoms with Crippen molar-refractivity contribution in [2.24, 2.45) is 11.8 Å². The van der Waals surface area contributed by atoms with E-state index in [1.165, 1.54) is 0 Å². The zero-order chi connectivity index (χ0) is 24.2. The Morgan fingerprint density at radius 1 is 0.676 bits per heavy atom. The first-order chi connectivity index (χ1) is 16.5. The van der Waals surface area contributed by atoms with Crippen molar-refractivity contribution in [2.75, 3.05) is 25.5 Å². The quantitative estimate of drug-likeness (QED) is 0.343. The average Bonchev–Trinajstić information content (AvgIpc) is 2.85. The maximum absolute atomic E-state index is 11.1. The Morgan fingerprint density at radius 3 is 1.35 bits per heavy atom. The molecular formula is C26H34O6P2.